The van der Waals surface area contributed by atoms with Gasteiger partial charge in [-0.25, -0.2) is 0 Å². The molecule has 0 aromatic rings. The molecule has 0 unspecified atom stereocenters. The molecule has 0 aliphatic carbocycles. The molecule has 0 aromatic carbocycles. The van der Waals surface area contributed by atoms with E-state index in [-0.39, 0.29) is 32.7 Å². The SMILES string of the molecule is C[NH-].[CH-]=C.[Y]. The first kappa shape index (κ1) is 17.0. The van der Waals surface area contributed by atoms with E-state index in [2.05, 4.69) is 13.2 Å². The molecule has 0 spiro atoms. The van der Waals surface area contributed by atoms with Gasteiger partial charge in [-0.2, -0.15) is 7.05 Å². The molecule has 0 fully saturated rings. The van der Waals surface area contributed by atoms with Crippen LogP contribution in [0.25, 0.3) is 5.73 Å². The van der Waals surface area contributed by atoms with Crippen molar-refractivity contribution in [2.75, 3.05) is 7.05 Å². The van der Waals surface area contributed by atoms with Crippen molar-refractivity contribution in [3.8, 4) is 0 Å². The molecule has 0 atom stereocenters. The van der Waals surface area contributed by atoms with E-state index >= 15 is 0 Å². The monoisotopic (exact) mass is 146 g/mol. The Morgan fingerprint density at radius 3 is 1.40 bits per heavy atom. The fraction of sp³-hybridized carbons (Fsp3) is 0.333. The van der Waals surface area contributed by atoms with Crippen LogP contribution < -0.4 is 0 Å². The maximum absolute atomic E-state index is 5.75. The van der Waals surface area contributed by atoms with Crippen molar-refractivity contribution >= 4 is 0 Å². The first-order valence-electron chi connectivity index (χ1n) is 0.908. The van der Waals surface area contributed by atoms with Gasteiger partial charge in [0, 0.05) is 32.7 Å². The van der Waals surface area contributed by atoms with Crippen molar-refractivity contribution in [3.63, 3.8) is 0 Å². The second-order valence-corrected chi connectivity index (χ2v) is 0. The standard InChI is InChI=1S/C2H3.CH4N.Y/c2*1-2;/h1H,2H2;2H,1H3;/q2*-1;. The number of nitrogens with one attached hydrogen (secondary N) is 1. The van der Waals surface area contributed by atoms with Crippen molar-refractivity contribution in [3.05, 3.63) is 18.9 Å². The molecule has 0 amide bonds. The van der Waals surface area contributed by atoms with Crippen LogP contribution in [0.3, 0.4) is 0 Å². The van der Waals surface area contributed by atoms with Crippen molar-refractivity contribution in [2.45, 2.75) is 0 Å². The van der Waals surface area contributed by atoms with Crippen molar-refractivity contribution in [2.24, 2.45) is 0 Å². The first-order valence-corrected chi connectivity index (χ1v) is 0.908. The Hall–Kier alpha value is 0.804. The Balaban J connectivity index is -0.0000000133. The average molecular weight is 146 g/mol. The van der Waals surface area contributed by atoms with Crippen LogP contribution in [0.2, 0.25) is 0 Å². The number of rotatable bonds is 0. The van der Waals surface area contributed by atoms with Gasteiger partial charge in [-0.15, -0.1) is 0 Å². The van der Waals surface area contributed by atoms with Crippen LogP contribution in [0.4, 0.5) is 0 Å². The van der Waals surface area contributed by atoms with E-state index in [4.69, 9.17) is 5.73 Å². The van der Waals surface area contributed by atoms with Gasteiger partial charge in [-0.3, -0.25) is 6.58 Å². The Labute approximate surface area is 58.5 Å². The molecule has 5 heavy (non-hydrogen) atoms. The zero-order valence-electron chi connectivity index (χ0n) is 3.36. The summed E-state index contributed by atoms with van der Waals surface area (Å²) in [7, 11) is 1.25. The molecule has 0 saturated carbocycles. The van der Waals surface area contributed by atoms with Gasteiger partial charge >= 0.3 is 0 Å². The Morgan fingerprint density at radius 1 is 1.40 bits per heavy atom. The van der Waals surface area contributed by atoms with E-state index in [0.29, 0.717) is 0 Å². The molecular formula is C3H7NY-2. The predicted molar refractivity (Wildman–Crippen MR) is 20.2 cm³/mol. The number of hydrogen-bond acceptors (Lipinski definition) is 0. The minimum Gasteiger partial charge on any atom is -0.680 e. The minimum atomic E-state index is 0. The van der Waals surface area contributed by atoms with Crippen LogP contribution in [0.1, 0.15) is 0 Å². The normalized spacial score (nSPS) is 2.00. The molecule has 1 nitrogen and oxygen atoms in total. The molecule has 0 aliphatic heterocycles. The zero-order chi connectivity index (χ0) is 4.00. The fourth-order valence-corrected chi connectivity index (χ4v) is 0. The van der Waals surface area contributed by atoms with E-state index < -0.39 is 0 Å². The van der Waals surface area contributed by atoms with E-state index in [1.54, 1.807) is 0 Å². The maximum atomic E-state index is 5.75. The van der Waals surface area contributed by atoms with E-state index in [0.717, 1.165) is 0 Å². The van der Waals surface area contributed by atoms with Gasteiger partial charge in [0.2, 0.25) is 0 Å². The first-order chi connectivity index (χ1) is 2.00. The second-order valence-electron chi connectivity index (χ2n) is 0. The second kappa shape index (κ2) is 108. The summed E-state index contributed by atoms with van der Waals surface area (Å²) in [6.07, 6.45) is 0. The summed E-state index contributed by atoms with van der Waals surface area (Å²) in [5, 5.41) is 0. The third kappa shape index (κ3) is 58.4. The quantitative estimate of drug-likeness (QED) is 0.459. The van der Waals surface area contributed by atoms with Gasteiger partial charge in [0.1, 0.15) is 0 Å². The maximum Gasteiger partial charge on any atom is 0 e. The summed E-state index contributed by atoms with van der Waals surface area (Å²) in [6.45, 7) is 7.00. The molecule has 2 heteroatoms. The molecule has 0 rings (SSSR count). The molecule has 29 valence electrons. The van der Waals surface area contributed by atoms with Gasteiger partial charge in [0.25, 0.3) is 0 Å². The van der Waals surface area contributed by atoms with Crippen LogP contribution in [-0.2, 0) is 32.7 Å². The van der Waals surface area contributed by atoms with Crippen LogP contribution in [0.15, 0.2) is 6.58 Å². The summed E-state index contributed by atoms with van der Waals surface area (Å²) in [5.74, 6) is 0. The molecule has 0 heterocycles. The van der Waals surface area contributed by atoms with Gasteiger partial charge in [0.15, 0.2) is 0 Å². The molecule has 0 saturated heterocycles. The fourth-order valence-electron chi connectivity index (χ4n) is 0. The van der Waals surface area contributed by atoms with Gasteiger partial charge < -0.3 is 12.3 Å². The molecule has 1 radical (unpaired) electrons. The topological polar surface area (TPSA) is 23.8 Å². The van der Waals surface area contributed by atoms with Gasteiger partial charge in [0.05, 0.1) is 0 Å². The van der Waals surface area contributed by atoms with Crippen molar-refractivity contribution < 1.29 is 32.7 Å². The predicted octanol–water partition coefficient (Wildman–Crippen LogP) is 1.27. The Bertz CT molecular complexity index is 6.85. The van der Waals surface area contributed by atoms with Gasteiger partial charge in [-0.05, 0) is 0 Å². The van der Waals surface area contributed by atoms with Crippen molar-refractivity contribution in [1.29, 1.82) is 0 Å². The number of hydrogen-bond donors (Lipinski definition) is 0. The smallest absolute Gasteiger partial charge is 0 e. The summed E-state index contributed by atoms with van der Waals surface area (Å²) < 4.78 is 0. The summed E-state index contributed by atoms with van der Waals surface area (Å²) in [5.41, 5.74) is 5.75. The summed E-state index contributed by atoms with van der Waals surface area (Å²) in [4.78, 5) is 0. The van der Waals surface area contributed by atoms with Crippen molar-refractivity contribution in [1.82, 2.24) is 0 Å². The third-order valence-corrected chi connectivity index (χ3v) is 0. The van der Waals surface area contributed by atoms with E-state index in [9.17, 15) is 0 Å². The summed E-state index contributed by atoms with van der Waals surface area (Å²) >= 11 is 0. The Kier molecular flexibility index (Phi) is 366. The molecule has 0 bridgehead atoms. The van der Waals surface area contributed by atoms with Crippen LogP contribution in [0, 0.1) is 6.58 Å². The molecule has 0 aromatic heterocycles. The van der Waals surface area contributed by atoms with Crippen LogP contribution >= 0.6 is 0 Å². The van der Waals surface area contributed by atoms with Gasteiger partial charge in [-0.1, -0.05) is 0 Å². The van der Waals surface area contributed by atoms with Crippen LogP contribution in [-0.4, -0.2) is 7.05 Å². The summed E-state index contributed by atoms with van der Waals surface area (Å²) in [6, 6.07) is 0. The largest absolute Gasteiger partial charge is 0.680 e. The Morgan fingerprint density at radius 2 is 1.40 bits per heavy atom. The van der Waals surface area contributed by atoms with E-state index in [1.165, 1.54) is 7.05 Å². The zero-order valence-corrected chi connectivity index (χ0v) is 6.20. The van der Waals surface area contributed by atoms with E-state index in [1.807, 2.05) is 0 Å². The molecule has 1 N–H and O–H groups in total. The van der Waals surface area contributed by atoms with Crippen LogP contribution in [0.5, 0.6) is 0 Å². The third-order valence-electron chi connectivity index (χ3n) is 0. The average Bonchev–Trinajstić information content (AvgIpc) is 1.50. The molecule has 0 aliphatic rings. The minimum absolute atomic E-state index is 0. The molecular weight excluding hydrogens is 139 g/mol.